The normalized spacial score (nSPS) is 20.3. The summed E-state index contributed by atoms with van der Waals surface area (Å²) in [5.41, 5.74) is 0. The highest BCUT2D eigenvalue weighted by atomic mass is 16.6. The molecule has 1 fully saturated rings. The van der Waals surface area contributed by atoms with Crippen LogP contribution in [-0.2, 0) is 14.3 Å². The molecule has 0 unspecified atom stereocenters. The van der Waals surface area contributed by atoms with Gasteiger partial charge < -0.3 is 19.7 Å². The van der Waals surface area contributed by atoms with Crippen LogP contribution in [0.3, 0.4) is 0 Å². The van der Waals surface area contributed by atoms with Crippen LogP contribution >= 0.6 is 0 Å². The number of likely N-dealkylation sites (N-methyl/N-ethyl adjacent to an activating group) is 1. The van der Waals surface area contributed by atoms with Gasteiger partial charge in [0.15, 0.2) is 6.10 Å². The van der Waals surface area contributed by atoms with Crippen molar-refractivity contribution in [1.29, 1.82) is 0 Å². The highest BCUT2D eigenvalue weighted by molar-refractivity contribution is 5.70. The Morgan fingerprint density at radius 1 is 1.73 bits per heavy atom. The highest BCUT2D eigenvalue weighted by Crippen LogP contribution is 2.08. The molecule has 15 heavy (non-hydrogen) atoms. The molecular formula is C9H16N2O4. The van der Waals surface area contributed by atoms with Crippen LogP contribution in [0.5, 0.6) is 0 Å². The average molecular weight is 216 g/mol. The Kier molecular flexibility index (Phi) is 4.36. The molecule has 0 bridgehead atoms. The number of hydrogen-bond donors (Lipinski definition) is 1. The van der Waals surface area contributed by atoms with E-state index in [-0.39, 0.29) is 24.8 Å². The fraction of sp³-hybridized carbons (Fsp3) is 0.778. The third kappa shape index (κ3) is 3.75. The van der Waals surface area contributed by atoms with Crippen LogP contribution in [-0.4, -0.2) is 56.9 Å². The summed E-state index contributed by atoms with van der Waals surface area (Å²) in [6.45, 7) is 1.19. The Balaban J connectivity index is 2.15. The third-order valence-corrected chi connectivity index (χ3v) is 2.07. The molecule has 1 amide bonds. The SMILES string of the molecule is CNCCC(=O)OC[C@H]1CN(C)C(=O)O1. The predicted molar refractivity (Wildman–Crippen MR) is 52.4 cm³/mol. The predicted octanol–water partition coefficient (Wildman–Crippen LogP) is -0.410. The molecule has 1 N–H and O–H groups in total. The largest absolute Gasteiger partial charge is 0.462 e. The first kappa shape index (κ1) is 11.8. The molecule has 1 aliphatic rings. The molecule has 1 aliphatic heterocycles. The lowest BCUT2D eigenvalue weighted by molar-refractivity contribution is -0.145. The maximum Gasteiger partial charge on any atom is 0.410 e. The second-order valence-corrected chi connectivity index (χ2v) is 3.42. The van der Waals surface area contributed by atoms with E-state index in [0.717, 1.165) is 0 Å². The van der Waals surface area contributed by atoms with Gasteiger partial charge in [0.2, 0.25) is 0 Å². The van der Waals surface area contributed by atoms with Gasteiger partial charge in [-0.05, 0) is 7.05 Å². The van der Waals surface area contributed by atoms with Crippen LogP contribution in [0.25, 0.3) is 0 Å². The molecule has 86 valence electrons. The van der Waals surface area contributed by atoms with E-state index >= 15 is 0 Å². The third-order valence-electron chi connectivity index (χ3n) is 2.07. The number of rotatable bonds is 5. The number of nitrogens with one attached hydrogen (secondary N) is 1. The molecule has 0 radical (unpaired) electrons. The number of esters is 1. The summed E-state index contributed by atoms with van der Waals surface area (Å²) in [6.07, 6.45) is -0.375. The van der Waals surface area contributed by atoms with Gasteiger partial charge in [-0.1, -0.05) is 0 Å². The number of hydrogen-bond acceptors (Lipinski definition) is 5. The summed E-state index contributed by atoms with van der Waals surface area (Å²) in [7, 11) is 3.41. The van der Waals surface area contributed by atoms with Gasteiger partial charge in [-0.15, -0.1) is 0 Å². The fourth-order valence-electron chi connectivity index (χ4n) is 1.22. The molecule has 0 aromatic rings. The van der Waals surface area contributed by atoms with Gasteiger partial charge in [0.05, 0.1) is 13.0 Å². The topological polar surface area (TPSA) is 67.9 Å². The van der Waals surface area contributed by atoms with E-state index in [4.69, 9.17) is 9.47 Å². The zero-order chi connectivity index (χ0) is 11.3. The smallest absolute Gasteiger partial charge is 0.410 e. The van der Waals surface area contributed by atoms with Crippen LogP contribution in [0.4, 0.5) is 4.79 Å². The summed E-state index contributed by atoms with van der Waals surface area (Å²) in [5.74, 6) is -0.282. The van der Waals surface area contributed by atoms with Crippen molar-refractivity contribution in [3.8, 4) is 0 Å². The van der Waals surface area contributed by atoms with Gasteiger partial charge in [0, 0.05) is 13.6 Å². The summed E-state index contributed by atoms with van der Waals surface area (Å²) in [5, 5.41) is 2.85. The van der Waals surface area contributed by atoms with E-state index in [1.807, 2.05) is 0 Å². The number of amides is 1. The average Bonchev–Trinajstić information content (AvgIpc) is 2.52. The van der Waals surface area contributed by atoms with Crippen LogP contribution in [0.2, 0.25) is 0 Å². The van der Waals surface area contributed by atoms with Crippen molar-refractivity contribution in [3.63, 3.8) is 0 Å². The van der Waals surface area contributed by atoms with Crippen molar-refractivity contribution >= 4 is 12.1 Å². The molecule has 1 saturated heterocycles. The zero-order valence-corrected chi connectivity index (χ0v) is 8.99. The minimum atomic E-state index is -0.369. The number of carbonyl (C=O) groups is 2. The van der Waals surface area contributed by atoms with Crippen molar-refractivity contribution < 1.29 is 19.1 Å². The van der Waals surface area contributed by atoms with Gasteiger partial charge in [-0.2, -0.15) is 0 Å². The van der Waals surface area contributed by atoms with Crippen molar-refractivity contribution in [3.05, 3.63) is 0 Å². The van der Waals surface area contributed by atoms with Crippen LogP contribution in [0.1, 0.15) is 6.42 Å². The number of cyclic esters (lactones) is 1. The van der Waals surface area contributed by atoms with Gasteiger partial charge >= 0.3 is 12.1 Å². The first-order chi connectivity index (χ1) is 7.13. The van der Waals surface area contributed by atoms with E-state index in [1.165, 1.54) is 4.90 Å². The highest BCUT2D eigenvalue weighted by Gasteiger charge is 2.28. The molecule has 1 heterocycles. The van der Waals surface area contributed by atoms with Crippen LogP contribution in [0.15, 0.2) is 0 Å². The van der Waals surface area contributed by atoms with Crippen LogP contribution in [0, 0.1) is 0 Å². The molecule has 0 aromatic heterocycles. The second kappa shape index (κ2) is 5.55. The molecule has 0 spiro atoms. The van der Waals surface area contributed by atoms with Crippen molar-refractivity contribution in [2.75, 3.05) is 33.8 Å². The van der Waals surface area contributed by atoms with Gasteiger partial charge in [0.1, 0.15) is 6.61 Å². The quantitative estimate of drug-likeness (QED) is 0.633. The van der Waals surface area contributed by atoms with Gasteiger partial charge in [-0.25, -0.2) is 4.79 Å². The van der Waals surface area contributed by atoms with E-state index < -0.39 is 0 Å². The van der Waals surface area contributed by atoms with Crippen molar-refractivity contribution in [2.45, 2.75) is 12.5 Å². The maximum atomic E-state index is 11.1. The van der Waals surface area contributed by atoms with Gasteiger partial charge in [-0.3, -0.25) is 4.79 Å². The summed E-state index contributed by atoms with van der Waals surface area (Å²) in [6, 6.07) is 0. The minimum Gasteiger partial charge on any atom is -0.462 e. The molecule has 0 aliphatic carbocycles. The van der Waals surface area contributed by atoms with E-state index in [9.17, 15) is 9.59 Å². The van der Waals surface area contributed by atoms with Crippen molar-refractivity contribution in [2.24, 2.45) is 0 Å². The molecule has 0 saturated carbocycles. The fourth-order valence-corrected chi connectivity index (χ4v) is 1.22. The van der Waals surface area contributed by atoms with Gasteiger partial charge in [0.25, 0.3) is 0 Å². The second-order valence-electron chi connectivity index (χ2n) is 3.42. The molecule has 6 nitrogen and oxygen atoms in total. The lowest BCUT2D eigenvalue weighted by atomic mass is 10.4. The molecule has 0 aromatic carbocycles. The lowest BCUT2D eigenvalue weighted by Crippen LogP contribution is -2.24. The summed E-state index contributed by atoms with van der Waals surface area (Å²) < 4.78 is 9.86. The summed E-state index contributed by atoms with van der Waals surface area (Å²) >= 11 is 0. The van der Waals surface area contributed by atoms with E-state index in [1.54, 1.807) is 14.1 Å². The first-order valence-electron chi connectivity index (χ1n) is 4.85. The molecule has 1 rings (SSSR count). The Morgan fingerprint density at radius 3 is 3.00 bits per heavy atom. The Bertz CT molecular complexity index is 244. The van der Waals surface area contributed by atoms with E-state index in [0.29, 0.717) is 19.5 Å². The zero-order valence-electron chi connectivity index (χ0n) is 8.99. The number of carbonyl (C=O) groups excluding carboxylic acids is 2. The minimum absolute atomic E-state index is 0.138. The van der Waals surface area contributed by atoms with Crippen molar-refractivity contribution in [1.82, 2.24) is 10.2 Å². The summed E-state index contributed by atoms with van der Waals surface area (Å²) in [4.78, 5) is 23.5. The standard InChI is InChI=1S/C9H16N2O4/c1-10-4-3-8(12)14-6-7-5-11(2)9(13)15-7/h7,10H,3-6H2,1-2H3/t7-/m1/s1. The molecular weight excluding hydrogens is 200 g/mol. The number of nitrogens with zero attached hydrogens (tertiary/aromatic N) is 1. The molecule has 1 atom stereocenters. The Labute approximate surface area is 88.5 Å². The lowest BCUT2D eigenvalue weighted by Gasteiger charge is -2.08. The van der Waals surface area contributed by atoms with E-state index in [2.05, 4.69) is 5.32 Å². The molecule has 6 heteroatoms. The Morgan fingerprint density at radius 2 is 2.47 bits per heavy atom. The maximum absolute atomic E-state index is 11.1. The number of ether oxygens (including phenoxy) is 2. The Hall–Kier alpha value is -1.30. The van der Waals surface area contributed by atoms with Crippen LogP contribution < -0.4 is 5.32 Å². The monoisotopic (exact) mass is 216 g/mol. The first-order valence-corrected chi connectivity index (χ1v) is 4.85.